The summed E-state index contributed by atoms with van der Waals surface area (Å²) in [7, 11) is 0. The van der Waals surface area contributed by atoms with E-state index in [1.165, 1.54) is 37.7 Å². The Hall–Kier alpha value is -2.39. The maximum Gasteiger partial charge on any atom is 0.305 e. The maximum absolute atomic E-state index is 11.8. The number of fused-ring (bicyclic) bond motifs is 1. The van der Waals surface area contributed by atoms with Gasteiger partial charge in [-0.15, -0.1) is 0 Å². The number of hydrogen-bond donors (Lipinski definition) is 4. The Kier molecular flexibility index (Phi) is 9.65. The number of nitrogens with two attached hydrogens (primary N) is 1. The highest BCUT2D eigenvalue weighted by molar-refractivity contribution is 7.16. The van der Waals surface area contributed by atoms with Crippen molar-refractivity contribution in [3.05, 3.63) is 62.2 Å². The lowest BCUT2D eigenvalue weighted by atomic mass is 9.91. The monoisotopic (exact) mass is 545 g/mol. The van der Waals surface area contributed by atoms with Gasteiger partial charge in [0.05, 0.1) is 36.8 Å². The van der Waals surface area contributed by atoms with E-state index < -0.39 is 0 Å². The first-order valence-corrected chi connectivity index (χ1v) is 14.5. The molecule has 5 N–H and O–H groups in total. The SMILES string of the molecule is NC(=O)CC[N+](CCNCCc1ccc(O)c2[nH]c(=O)sc12)(CCc1ccc(Cl)cc1)C1CCCCC1. The second-order valence-corrected chi connectivity index (χ2v) is 11.7. The summed E-state index contributed by atoms with van der Waals surface area (Å²) in [5.74, 6) is -0.130. The molecular weight excluding hydrogens is 508 g/mol. The molecule has 0 bridgehead atoms. The number of halogens is 1. The van der Waals surface area contributed by atoms with Crippen LogP contribution < -0.4 is 15.9 Å². The first-order chi connectivity index (χ1) is 17.9. The summed E-state index contributed by atoms with van der Waals surface area (Å²) in [6, 6.07) is 12.2. The zero-order chi connectivity index (χ0) is 26.3. The van der Waals surface area contributed by atoms with E-state index in [0.29, 0.717) is 18.0 Å². The predicted molar refractivity (Wildman–Crippen MR) is 151 cm³/mol. The molecule has 1 heterocycles. The summed E-state index contributed by atoms with van der Waals surface area (Å²) in [6.45, 7) is 4.28. The number of H-pyrrole nitrogens is 1. The summed E-state index contributed by atoms with van der Waals surface area (Å²) in [5, 5.41) is 14.4. The van der Waals surface area contributed by atoms with Gasteiger partial charge in [0, 0.05) is 18.0 Å². The lowest BCUT2D eigenvalue weighted by Gasteiger charge is -2.47. The smallest absolute Gasteiger partial charge is 0.305 e. The Bertz CT molecular complexity index is 1240. The van der Waals surface area contributed by atoms with Gasteiger partial charge in [0.1, 0.15) is 11.3 Å². The number of aromatic nitrogens is 1. The van der Waals surface area contributed by atoms with Crippen LogP contribution in [0, 0.1) is 0 Å². The van der Waals surface area contributed by atoms with Crippen molar-refractivity contribution in [2.75, 3.05) is 32.7 Å². The fraction of sp³-hybridized carbons (Fsp3) is 0.500. The van der Waals surface area contributed by atoms with Crippen molar-refractivity contribution in [2.24, 2.45) is 5.73 Å². The lowest BCUT2D eigenvalue weighted by Crippen LogP contribution is -2.60. The van der Waals surface area contributed by atoms with Gasteiger partial charge >= 0.3 is 4.87 Å². The molecule has 200 valence electrons. The fourth-order valence-electron chi connectivity index (χ4n) is 5.77. The second kappa shape index (κ2) is 12.9. The molecular formula is C28H38ClN4O3S+. The molecule has 7 nitrogen and oxygen atoms in total. The van der Waals surface area contributed by atoms with Crippen LogP contribution in [0.1, 0.15) is 49.7 Å². The van der Waals surface area contributed by atoms with E-state index in [1.54, 1.807) is 6.07 Å². The van der Waals surface area contributed by atoms with Crippen LogP contribution in [0.5, 0.6) is 5.75 Å². The molecule has 1 atom stereocenters. The number of carbonyl (C=O) groups is 1. The second-order valence-electron chi connectivity index (χ2n) is 10.2. The van der Waals surface area contributed by atoms with Crippen LogP contribution in [0.15, 0.2) is 41.2 Å². The normalized spacial score (nSPS) is 16.1. The van der Waals surface area contributed by atoms with Gasteiger partial charge in [-0.05, 0) is 68.0 Å². The van der Waals surface area contributed by atoms with Gasteiger partial charge < -0.3 is 25.6 Å². The van der Waals surface area contributed by atoms with E-state index in [0.717, 1.165) is 76.7 Å². The highest BCUT2D eigenvalue weighted by atomic mass is 35.5. The van der Waals surface area contributed by atoms with E-state index in [1.807, 2.05) is 18.2 Å². The van der Waals surface area contributed by atoms with Crippen molar-refractivity contribution in [1.29, 1.82) is 0 Å². The molecule has 1 aliphatic carbocycles. The first-order valence-electron chi connectivity index (χ1n) is 13.3. The number of primary amides is 1. The fourth-order valence-corrected chi connectivity index (χ4v) is 6.79. The van der Waals surface area contributed by atoms with Gasteiger partial charge in [0.25, 0.3) is 0 Å². The van der Waals surface area contributed by atoms with E-state index >= 15 is 0 Å². The van der Waals surface area contributed by atoms with Gasteiger partial charge in [-0.2, -0.15) is 0 Å². The summed E-state index contributed by atoms with van der Waals surface area (Å²) in [4.78, 5) is 26.2. The molecule has 2 aromatic carbocycles. The molecule has 1 aliphatic rings. The van der Waals surface area contributed by atoms with Crippen molar-refractivity contribution in [2.45, 2.75) is 57.4 Å². The molecule has 0 radical (unpaired) electrons. The Balaban J connectivity index is 1.43. The topological polar surface area (TPSA) is 108 Å². The molecule has 0 saturated heterocycles. The number of thiazole rings is 1. The van der Waals surface area contributed by atoms with Gasteiger partial charge in [-0.3, -0.25) is 9.59 Å². The van der Waals surface area contributed by atoms with Gasteiger partial charge in [0.15, 0.2) is 0 Å². The number of phenols is 1. The van der Waals surface area contributed by atoms with Crippen LogP contribution in [0.25, 0.3) is 10.2 Å². The minimum absolute atomic E-state index is 0.106. The Labute approximate surface area is 227 Å². The summed E-state index contributed by atoms with van der Waals surface area (Å²) in [6.07, 6.45) is 8.25. The number of aromatic amines is 1. The quantitative estimate of drug-likeness (QED) is 0.189. The molecule has 1 amide bonds. The number of quaternary nitrogens is 1. The van der Waals surface area contributed by atoms with Crippen LogP contribution >= 0.6 is 22.9 Å². The number of carbonyl (C=O) groups excluding carboxylic acids is 1. The average Bonchev–Trinajstić information content (AvgIpc) is 3.30. The summed E-state index contributed by atoms with van der Waals surface area (Å²) in [5.41, 5.74) is 8.46. The molecule has 1 unspecified atom stereocenters. The number of hydrogen-bond acceptors (Lipinski definition) is 5. The number of nitrogens with zero attached hydrogens (tertiary/aromatic N) is 1. The van der Waals surface area contributed by atoms with Crippen molar-refractivity contribution in [1.82, 2.24) is 10.3 Å². The molecule has 3 aromatic rings. The highest BCUT2D eigenvalue weighted by Gasteiger charge is 2.37. The van der Waals surface area contributed by atoms with Crippen LogP contribution in [0.4, 0.5) is 0 Å². The largest absolute Gasteiger partial charge is 0.506 e. The Morgan fingerprint density at radius 3 is 2.54 bits per heavy atom. The van der Waals surface area contributed by atoms with Crippen LogP contribution in [0.3, 0.4) is 0 Å². The Morgan fingerprint density at radius 2 is 1.81 bits per heavy atom. The van der Waals surface area contributed by atoms with Gasteiger partial charge in [-0.1, -0.05) is 47.6 Å². The van der Waals surface area contributed by atoms with Crippen LogP contribution in [-0.2, 0) is 17.6 Å². The third-order valence-corrected chi connectivity index (χ3v) is 9.07. The molecule has 0 spiro atoms. The molecule has 9 heteroatoms. The number of rotatable bonds is 13. The molecule has 37 heavy (non-hydrogen) atoms. The molecule has 1 saturated carbocycles. The summed E-state index contributed by atoms with van der Waals surface area (Å²) >= 11 is 7.24. The third kappa shape index (κ3) is 7.35. The van der Waals surface area contributed by atoms with E-state index in [-0.39, 0.29) is 16.5 Å². The van der Waals surface area contributed by atoms with Crippen molar-refractivity contribution in [3.63, 3.8) is 0 Å². The van der Waals surface area contributed by atoms with E-state index in [4.69, 9.17) is 17.3 Å². The zero-order valence-electron chi connectivity index (χ0n) is 21.3. The number of aromatic hydroxyl groups is 1. The number of amides is 1. The predicted octanol–water partition coefficient (Wildman–Crippen LogP) is 4.35. The molecule has 0 aliphatic heterocycles. The summed E-state index contributed by atoms with van der Waals surface area (Å²) < 4.78 is 1.73. The van der Waals surface area contributed by atoms with Gasteiger partial charge in [-0.25, -0.2) is 0 Å². The number of phenolic OH excluding ortho intramolecular Hbond substituents is 1. The van der Waals surface area contributed by atoms with E-state index in [9.17, 15) is 14.7 Å². The van der Waals surface area contributed by atoms with Crippen molar-refractivity contribution >= 4 is 39.1 Å². The lowest BCUT2D eigenvalue weighted by molar-refractivity contribution is -0.950. The first kappa shape index (κ1) is 27.6. The van der Waals surface area contributed by atoms with Crippen molar-refractivity contribution in [3.8, 4) is 5.75 Å². The number of nitrogens with one attached hydrogen (secondary N) is 2. The minimum atomic E-state index is -0.236. The molecule has 1 aromatic heterocycles. The number of benzene rings is 2. The average molecular weight is 546 g/mol. The zero-order valence-corrected chi connectivity index (χ0v) is 22.9. The third-order valence-electron chi connectivity index (χ3n) is 7.86. The van der Waals surface area contributed by atoms with Crippen LogP contribution in [0.2, 0.25) is 5.02 Å². The van der Waals surface area contributed by atoms with Crippen molar-refractivity contribution < 1.29 is 14.4 Å². The highest BCUT2D eigenvalue weighted by Crippen LogP contribution is 2.30. The minimum Gasteiger partial charge on any atom is -0.506 e. The molecule has 1 fully saturated rings. The van der Waals surface area contributed by atoms with Gasteiger partial charge in [0.2, 0.25) is 5.91 Å². The van der Waals surface area contributed by atoms with Crippen LogP contribution in [-0.4, -0.2) is 59.2 Å². The standard InChI is InChI=1S/C28H37ClN4O3S/c29-22-9-6-20(7-10-22)13-17-33(18-14-25(30)35,23-4-2-1-3-5-23)19-16-31-15-12-21-8-11-24(34)26-27(21)37-28(36)32-26/h6-11,23,31H,1-5,12-19H2,(H3-,30,32,34,35,36)/p+1. The van der Waals surface area contributed by atoms with E-state index in [2.05, 4.69) is 22.4 Å². The molecule has 4 rings (SSSR count). The Morgan fingerprint density at radius 1 is 1.05 bits per heavy atom. The maximum atomic E-state index is 11.8.